The third-order valence-electron chi connectivity index (χ3n) is 1.19. The van der Waals surface area contributed by atoms with Gasteiger partial charge in [-0.05, 0) is 18.9 Å². The Balaban J connectivity index is 3.85. The van der Waals surface area contributed by atoms with Crippen molar-refractivity contribution in [1.82, 2.24) is 0 Å². The van der Waals surface area contributed by atoms with Crippen molar-refractivity contribution in [3.05, 3.63) is 12.2 Å². The van der Waals surface area contributed by atoms with E-state index >= 15 is 0 Å². The highest BCUT2D eigenvalue weighted by molar-refractivity contribution is 14.1. The highest BCUT2D eigenvalue weighted by Gasteiger charge is 2.21. The van der Waals surface area contributed by atoms with Crippen molar-refractivity contribution in [2.45, 2.75) is 29.6 Å². The van der Waals surface area contributed by atoms with Crippen LogP contribution < -0.4 is 0 Å². The summed E-state index contributed by atoms with van der Waals surface area (Å²) in [6, 6.07) is 0. The molecule has 0 aromatic heterocycles. The van der Waals surface area contributed by atoms with Crippen molar-refractivity contribution in [1.29, 1.82) is 0 Å². The van der Waals surface area contributed by atoms with E-state index in [1.54, 1.807) is 0 Å². The quantitative estimate of drug-likeness (QED) is 0.411. The lowest BCUT2D eigenvalue weighted by Gasteiger charge is -2.18. The molecule has 0 N–H and O–H groups in total. The molecule has 1 atom stereocenters. The summed E-state index contributed by atoms with van der Waals surface area (Å²) in [5.74, 6) is 0. The van der Waals surface area contributed by atoms with Gasteiger partial charge in [-0.1, -0.05) is 42.5 Å². The van der Waals surface area contributed by atoms with E-state index < -0.39 is 0 Å². The van der Waals surface area contributed by atoms with E-state index in [-0.39, 0.29) is 2.88 Å². The van der Waals surface area contributed by atoms with Gasteiger partial charge in [0.05, 0.1) is 0 Å². The molecule has 0 rings (SSSR count). The molecule has 0 saturated heterocycles. The van der Waals surface area contributed by atoms with E-state index in [1.165, 1.54) is 0 Å². The molecule has 0 aliphatic carbocycles. The highest BCUT2D eigenvalue weighted by Crippen LogP contribution is 2.35. The Labute approximate surface area is 75.8 Å². The molecule has 0 radical (unpaired) electrons. The predicted molar refractivity (Wildman–Crippen MR) is 52.3 cm³/mol. The molecule has 0 bridgehead atoms. The van der Waals surface area contributed by atoms with Crippen LogP contribution in [-0.4, -0.2) is 2.88 Å². The van der Waals surface area contributed by atoms with E-state index in [4.69, 9.17) is 11.6 Å². The van der Waals surface area contributed by atoms with Gasteiger partial charge in [-0.25, -0.2) is 0 Å². The Morgan fingerprint density at radius 2 is 2.22 bits per heavy atom. The lowest BCUT2D eigenvalue weighted by Crippen LogP contribution is -2.11. The van der Waals surface area contributed by atoms with Gasteiger partial charge in [0.2, 0.25) is 0 Å². The summed E-state index contributed by atoms with van der Waals surface area (Å²) in [5, 5.41) is 0. The highest BCUT2D eigenvalue weighted by atomic mass is 127. The molecule has 54 valence electrons. The second-order valence-corrected chi connectivity index (χ2v) is 5.36. The fourth-order valence-corrected chi connectivity index (χ4v) is 1.26. The molecule has 9 heavy (non-hydrogen) atoms. The Kier molecular flexibility index (Phi) is 4.14. The van der Waals surface area contributed by atoms with Crippen LogP contribution in [0.5, 0.6) is 0 Å². The molecule has 0 aliphatic rings. The molecule has 0 heterocycles. The van der Waals surface area contributed by atoms with Gasteiger partial charge in [-0.2, -0.15) is 0 Å². The first kappa shape index (κ1) is 9.76. The van der Waals surface area contributed by atoms with Crippen LogP contribution >= 0.6 is 34.2 Å². The molecule has 0 saturated carbocycles. The molecule has 0 aromatic carbocycles. The van der Waals surface area contributed by atoms with Gasteiger partial charge in [0.15, 0.2) is 0 Å². The minimum absolute atomic E-state index is 0.202. The summed E-state index contributed by atoms with van der Waals surface area (Å²) < 4.78 is -0.202. The molecule has 1 unspecified atom stereocenters. The van der Waals surface area contributed by atoms with Crippen LogP contribution in [0.3, 0.4) is 0 Å². The van der Waals surface area contributed by atoms with Crippen LogP contribution in [0.1, 0.15) is 26.7 Å². The zero-order chi connectivity index (χ0) is 7.49. The van der Waals surface area contributed by atoms with Gasteiger partial charge < -0.3 is 0 Å². The maximum atomic E-state index is 6.06. The standard InChI is InChI=1S/C7H12ClI/c1-4-5-7(8,9)6(2)3/h2,4-5H2,1,3H3. The van der Waals surface area contributed by atoms with Crippen LogP contribution in [0.2, 0.25) is 0 Å². The summed E-state index contributed by atoms with van der Waals surface area (Å²) in [7, 11) is 0. The van der Waals surface area contributed by atoms with Gasteiger partial charge in [0.1, 0.15) is 2.88 Å². The Bertz CT molecular complexity index is 107. The monoisotopic (exact) mass is 258 g/mol. The van der Waals surface area contributed by atoms with Crippen molar-refractivity contribution < 1.29 is 0 Å². The van der Waals surface area contributed by atoms with Crippen molar-refractivity contribution in [3.8, 4) is 0 Å². The summed E-state index contributed by atoms with van der Waals surface area (Å²) >= 11 is 8.29. The number of hydrogen-bond acceptors (Lipinski definition) is 0. The van der Waals surface area contributed by atoms with Crippen LogP contribution in [0, 0.1) is 0 Å². The molecule has 0 aromatic rings. The lowest BCUT2D eigenvalue weighted by molar-refractivity contribution is 0.779. The van der Waals surface area contributed by atoms with Gasteiger partial charge in [-0.15, -0.1) is 11.6 Å². The number of halogens is 2. The van der Waals surface area contributed by atoms with E-state index in [2.05, 4.69) is 36.1 Å². The molecular weight excluding hydrogens is 246 g/mol. The molecule has 0 amide bonds. The minimum atomic E-state index is -0.202. The number of allylic oxidation sites excluding steroid dienone is 1. The number of alkyl halides is 2. The van der Waals surface area contributed by atoms with E-state index in [9.17, 15) is 0 Å². The number of rotatable bonds is 3. The predicted octanol–water partition coefficient (Wildman–Crippen LogP) is 3.73. The van der Waals surface area contributed by atoms with Crippen LogP contribution in [0.4, 0.5) is 0 Å². The second-order valence-electron chi connectivity index (χ2n) is 2.23. The third kappa shape index (κ3) is 3.46. The first-order valence-corrected chi connectivity index (χ1v) is 4.50. The minimum Gasteiger partial charge on any atom is -0.103 e. The zero-order valence-corrected chi connectivity index (χ0v) is 8.79. The first-order chi connectivity index (χ1) is 4.00. The van der Waals surface area contributed by atoms with Gasteiger partial charge in [-0.3, -0.25) is 0 Å². The maximum absolute atomic E-state index is 6.06. The lowest BCUT2D eigenvalue weighted by atomic mass is 10.1. The Hall–Kier alpha value is 0.760. The van der Waals surface area contributed by atoms with E-state index in [0.29, 0.717) is 0 Å². The summed E-state index contributed by atoms with van der Waals surface area (Å²) in [5.41, 5.74) is 1.05. The van der Waals surface area contributed by atoms with Crippen molar-refractivity contribution in [2.75, 3.05) is 0 Å². The molecular formula is C7H12ClI. The molecule has 0 aliphatic heterocycles. The van der Waals surface area contributed by atoms with Crippen molar-refractivity contribution >= 4 is 34.2 Å². The first-order valence-electron chi connectivity index (χ1n) is 3.04. The third-order valence-corrected chi connectivity index (χ3v) is 3.16. The fourth-order valence-electron chi connectivity index (χ4n) is 0.527. The van der Waals surface area contributed by atoms with E-state index in [0.717, 1.165) is 18.4 Å². The molecule has 2 heteroatoms. The topological polar surface area (TPSA) is 0 Å². The van der Waals surface area contributed by atoms with E-state index in [1.807, 2.05) is 6.92 Å². The second kappa shape index (κ2) is 3.81. The average Bonchev–Trinajstić information content (AvgIpc) is 1.65. The van der Waals surface area contributed by atoms with Gasteiger partial charge in [0.25, 0.3) is 0 Å². The summed E-state index contributed by atoms with van der Waals surface area (Å²) in [6.07, 6.45) is 2.11. The average molecular weight is 259 g/mol. The van der Waals surface area contributed by atoms with Crippen LogP contribution in [-0.2, 0) is 0 Å². The van der Waals surface area contributed by atoms with Gasteiger partial charge in [0, 0.05) is 0 Å². The molecule has 0 nitrogen and oxygen atoms in total. The number of hydrogen-bond donors (Lipinski definition) is 0. The Morgan fingerprint density at radius 3 is 2.33 bits per heavy atom. The Morgan fingerprint density at radius 1 is 1.78 bits per heavy atom. The van der Waals surface area contributed by atoms with Crippen LogP contribution in [0.25, 0.3) is 0 Å². The van der Waals surface area contributed by atoms with Crippen molar-refractivity contribution in [3.63, 3.8) is 0 Å². The van der Waals surface area contributed by atoms with Crippen LogP contribution in [0.15, 0.2) is 12.2 Å². The SMILES string of the molecule is C=C(C)C(Cl)(I)CCC. The normalized spacial score (nSPS) is 16.9. The summed E-state index contributed by atoms with van der Waals surface area (Å²) in [6.45, 7) is 7.90. The van der Waals surface area contributed by atoms with Crippen molar-refractivity contribution in [2.24, 2.45) is 0 Å². The summed E-state index contributed by atoms with van der Waals surface area (Å²) in [4.78, 5) is 0. The fraction of sp³-hybridized carbons (Fsp3) is 0.714. The largest absolute Gasteiger partial charge is 0.116 e. The maximum Gasteiger partial charge on any atom is 0.116 e. The van der Waals surface area contributed by atoms with Gasteiger partial charge >= 0.3 is 0 Å². The molecule has 0 spiro atoms. The molecule has 0 fully saturated rings. The smallest absolute Gasteiger partial charge is 0.103 e. The zero-order valence-electron chi connectivity index (χ0n) is 5.88.